The number of anilines is 1. The Labute approximate surface area is 256 Å². The fraction of sp³-hybridized carbons (Fsp3) is 0.118. The lowest BCUT2D eigenvalue weighted by molar-refractivity contribution is 0.0525. The minimum Gasteiger partial charge on any atom is -0.464 e. The van der Waals surface area contributed by atoms with E-state index in [4.69, 9.17) is 9.47 Å². The molecular formula is C34H27BrN2O6. The summed E-state index contributed by atoms with van der Waals surface area (Å²) in [5.41, 5.74) is 2.99. The Morgan fingerprint density at radius 1 is 0.814 bits per heavy atom. The van der Waals surface area contributed by atoms with Gasteiger partial charge in [-0.15, -0.1) is 0 Å². The van der Waals surface area contributed by atoms with E-state index in [1.807, 2.05) is 36.4 Å². The van der Waals surface area contributed by atoms with Crippen molar-refractivity contribution in [2.24, 2.45) is 0 Å². The van der Waals surface area contributed by atoms with Gasteiger partial charge in [0.1, 0.15) is 5.69 Å². The third-order valence-corrected chi connectivity index (χ3v) is 7.36. The lowest BCUT2D eigenvalue weighted by Gasteiger charge is -2.19. The van der Waals surface area contributed by atoms with Crippen molar-refractivity contribution in [3.63, 3.8) is 0 Å². The van der Waals surface area contributed by atoms with Crippen LogP contribution in [0.15, 0.2) is 106 Å². The third kappa shape index (κ3) is 6.27. The van der Waals surface area contributed by atoms with Crippen molar-refractivity contribution in [1.29, 1.82) is 0 Å². The van der Waals surface area contributed by atoms with E-state index in [0.717, 1.165) is 10.0 Å². The van der Waals surface area contributed by atoms with E-state index < -0.39 is 11.9 Å². The van der Waals surface area contributed by atoms with Crippen LogP contribution in [0, 0.1) is 0 Å². The van der Waals surface area contributed by atoms with Crippen LogP contribution in [0.5, 0.6) is 0 Å². The molecule has 0 atom stereocenters. The van der Waals surface area contributed by atoms with Gasteiger partial charge in [-0.2, -0.15) is 0 Å². The SMILES string of the molecule is CCOC(=O)c1cccc(NC(=O)c2ccc(Cn3c(C(=O)OC)c(-c4ccccc4)c4cc(Br)ccc4c3=O)cc2)c1. The van der Waals surface area contributed by atoms with Gasteiger partial charge in [0.15, 0.2) is 0 Å². The van der Waals surface area contributed by atoms with Gasteiger partial charge in [0.25, 0.3) is 11.5 Å². The fourth-order valence-corrected chi connectivity index (χ4v) is 5.22. The number of pyridine rings is 1. The summed E-state index contributed by atoms with van der Waals surface area (Å²) in [5.74, 6) is -1.48. The zero-order valence-electron chi connectivity index (χ0n) is 23.4. The monoisotopic (exact) mass is 638 g/mol. The predicted molar refractivity (Wildman–Crippen MR) is 169 cm³/mol. The standard InChI is InChI=1S/C34H27BrN2O6/c1-3-43-33(40)24-10-7-11-26(18-24)36-31(38)23-14-12-21(13-15-23)20-37-30(34(41)42-2)29(22-8-5-4-6-9-22)28-19-25(35)16-17-27(28)32(37)39/h4-19H,3,20H2,1-2H3,(H,36,38). The minimum atomic E-state index is -0.640. The Bertz CT molecular complexity index is 1900. The number of methoxy groups -OCH3 is 1. The van der Waals surface area contributed by atoms with Crippen LogP contribution in [-0.4, -0.2) is 36.1 Å². The van der Waals surface area contributed by atoms with Crippen LogP contribution < -0.4 is 10.9 Å². The summed E-state index contributed by atoms with van der Waals surface area (Å²) in [6.07, 6.45) is 0. The first-order chi connectivity index (χ1) is 20.8. The van der Waals surface area contributed by atoms with Gasteiger partial charge < -0.3 is 14.8 Å². The summed E-state index contributed by atoms with van der Waals surface area (Å²) in [6, 6.07) is 28.0. The maximum Gasteiger partial charge on any atom is 0.355 e. The molecule has 8 nitrogen and oxygen atoms in total. The highest BCUT2D eigenvalue weighted by molar-refractivity contribution is 9.10. The molecule has 9 heteroatoms. The van der Waals surface area contributed by atoms with E-state index in [0.29, 0.717) is 38.7 Å². The van der Waals surface area contributed by atoms with Crippen LogP contribution in [0.4, 0.5) is 5.69 Å². The molecule has 1 heterocycles. The maximum atomic E-state index is 13.8. The Balaban J connectivity index is 1.50. The number of ether oxygens (including phenoxy) is 2. The number of hydrogen-bond acceptors (Lipinski definition) is 6. The lowest BCUT2D eigenvalue weighted by Crippen LogP contribution is -2.28. The minimum absolute atomic E-state index is 0.0680. The summed E-state index contributed by atoms with van der Waals surface area (Å²) in [6.45, 7) is 2.04. The molecule has 5 rings (SSSR count). The van der Waals surface area contributed by atoms with Crippen molar-refractivity contribution >= 4 is 50.2 Å². The van der Waals surface area contributed by atoms with Crippen molar-refractivity contribution in [3.05, 3.63) is 134 Å². The number of nitrogens with zero attached hydrogens (tertiary/aromatic N) is 1. The molecule has 5 aromatic rings. The van der Waals surface area contributed by atoms with Crippen molar-refractivity contribution in [2.75, 3.05) is 19.0 Å². The summed E-state index contributed by atoms with van der Waals surface area (Å²) in [7, 11) is 1.28. The number of amides is 1. The molecule has 0 fully saturated rings. The molecule has 216 valence electrons. The van der Waals surface area contributed by atoms with Crippen molar-refractivity contribution in [2.45, 2.75) is 13.5 Å². The normalized spacial score (nSPS) is 10.8. The van der Waals surface area contributed by atoms with E-state index in [-0.39, 0.29) is 30.3 Å². The second-order valence-electron chi connectivity index (χ2n) is 9.61. The zero-order valence-corrected chi connectivity index (χ0v) is 25.0. The van der Waals surface area contributed by atoms with Gasteiger partial charge in [-0.3, -0.25) is 14.2 Å². The first kappa shape index (κ1) is 29.5. The summed E-state index contributed by atoms with van der Waals surface area (Å²) >= 11 is 3.49. The van der Waals surface area contributed by atoms with Crippen LogP contribution in [0.3, 0.4) is 0 Å². The fourth-order valence-electron chi connectivity index (χ4n) is 4.86. The van der Waals surface area contributed by atoms with Crippen molar-refractivity contribution in [3.8, 4) is 11.1 Å². The molecule has 1 aromatic heterocycles. The third-order valence-electron chi connectivity index (χ3n) is 6.86. The summed E-state index contributed by atoms with van der Waals surface area (Å²) in [5, 5.41) is 3.87. The second kappa shape index (κ2) is 12.9. The van der Waals surface area contributed by atoms with E-state index in [9.17, 15) is 19.2 Å². The molecule has 43 heavy (non-hydrogen) atoms. The molecule has 0 unspecified atom stereocenters. The van der Waals surface area contributed by atoms with Crippen LogP contribution in [-0.2, 0) is 16.0 Å². The highest BCUT2D eigenvalue weighted by atomic mass is 79.9. The van der Waals surface area contributed by atoms with E-state index in [1.54, 1.807) is 67.6 Å². The first-order valence-corrected chi connectivity index (χ1v) is 14.3. The highest BCUT2D eigenvalue weighted by Gasteiger charge is 2.24. The van der Waals surface area contributed by atoms with Crippen LogP contribution in [0.25, 0.3) is 21.9 Å². The number of benzene rings is 4. The predicted octanol–water partition coefficient (Wildman–Crippen LogP) is 6.69. The van der Waals surface area contributed by atoms with Crippen LogP contribution in [0.1, 0.15) is 43.7 Å². The van der Waals surface area contributed by atoms with E-state index >= 15 is 0 Å². The van der Waals surface area contributed by atoms with Gasteiger partial charge in [-0.05, 0) is 72.0 Å². The van der Waals surface area contributed by atoms with Crippen molar-refractivity contribution in [1.82, 2.24) is 4.57 Å². The smallest absolute Gasteiger partial charge is 0.355 e. The average Bonchev–Trinajstić information content (AvgIpc) is 3.02. The van der Waals surface area contributed by atoms with Gasteiger partial charge >= 0.3 is 11.9 Å². The molecule has 0 saturated heterocycles. The molecule has 0 spiro atoms. The molecule has 0 aliphatic carbocycles. The Morgan fingerprint density at radius 2 is 1.56 bits per heavy atom. The number of nitrogens with one attached hydrogen (secondary N) is 1. The van der Waals surface area contributed by atoms with Crippen LogP contribution in [0.2, 0.25) is 0 Å². The largest absolute Gasteiger partial charge is 0.464 e. The van der Waals surface area contributed by atoms with Gasteiger partial charge in [-0.1, -0.05) is 64.5 Å². The second-order valence-corrected chi connectivity index (χ2v) is 10.5. The van der Waals surface area contributed by atoms with Gasteiger partial charge in [-0.25, -0.2) is 9.59 Å². The maximum absolute atomic E-state index is 13.8. The molecule has 0 aliphatic rings. The molecule has 1 N–H and O–H groups in total. The number of hydrogen-bond donors (Lipinski definition) is 1. The van der Waals surface area contributed by atoms with Crippen molar-refractivity contribution < 1.29 is 23.9 Å². The number of esters is 2. The number of rotatable bonds is 8. The molecule has 4 aromatic carbocycles. The molecule has 1 amide bonds. The number of aromatic nitrogens is 1. The van der Waals surface area contributed by atoms with Gasteiger partial charge in [0.05, 0.1) is 25.8 Å². The first-order valence-electron chi connectivity index (χ1n) is 13.5. The summed E-state index contributed by atoms with van der Waals surface area (Å²) < 4.78 is 12.4. The van der Waals surface area contributed by atoms with Gasteiger partial charge in [0.2, 0.25) is 0 Å². The molecular weight excluding hydrogens is 612 g/mol. The Hall–Kier alpha value is -5.02. The van der Waals surface area contributed by atoms with Gasteiger partial charge in [0, 0.05) is 26.7 Å². The highest BCUT2D eigenvalue weighted by Crippen LogP contribution is 2.33. The number of halogens is 1. The molecule has 0 saturated carbocycles. The lowest BCUT2D eigenvalue weighted by atomic mass is 9.96. The van der Waals surface area contributed by atoms with E-state index in [2.05, 4.69) is 21.2 Å². The van der Waals surface area contributed by atoms with E-state index in [1.165, 1.54) is 11.7 Å². The Kier molecular flexibility index (Phi) is 8.82. The molecule has 0 aliphatic heterocycles. The summed E-state index contributed by atoms with van der Waals surface area (Å²) in [4.78, 5) is 52.1. The number of carbonyl (C=O) groups excluding carboxylic acids is 3. The molecule has 0 radical (unpaired) electrons. The molecule has 0 bridgehead atoms. The number of fused-ring (bicyclic) bond motifs is 1. The Morgan fingerprint density at radius 3 is 2.26 bits per heavy atom. The topological polar surface area (TPSA) is 104 Å². The average molecular weight is 640 g/mol. The van der Waals surface area contributed by atoms with Crippen LogP contribution >= 0.6 is 15.9 Å². The quantitative estimate of drug-likeness (QED) is 0.190. The number of carbonyl (C=O) groups is 3. The zero-order chi connectivity index (χ0) is 30.5.